The molecule has 14 heavy (non-hydrogen) atoms. The molecule has 0 N–H and O–H groups in total. The second kappa shape index (κ2) is 3.74. The molecule has 0 saturated heterocycles. The van der Waals surface area contributed by atoms with Gasteiger partial charge in [-0.15, -0.1) is 0 Å². The Morgan fingerprint density at radius 2 is 2.00 bits per heavy atom. The molecule has 2 rings (SSSR count). The molecule has 0 unspecified atom stereocenters. The monoisotopic (exact) mass is 204 g/mol. The topological polar surface area (TPSA) is 0 Å². The van der Waals surface area contributed by atoms with E-state index in [4.69, 9.17) is 2.74 Å². The Labute approximate surface area is 90.5 Å². The fourth-order valence-corrected chi connectivity index (χ4v) is 4.59. The third-order valence-electron chi connectivity index (χ3n) is 3.10. The van der Waals surface area contributed by atoms with E-state index < -0.39 is 8.07 Å². The summed E-state index contributed by atoms with van der Waals surface area (Å²) >= 11 is 0. The van der Waals surface area contributed by atoms with E-state index in [9.17, 15) is 0 Å². The molecular weight excluding hydrogens is 184 g/mol. The van der Waals surface area contributed by atoms with Crippen molar-refractivity contribution in [3.8, 4) is 0 Å². The van der Waals surface area contributed by atoms with Crippen LogP contribution in [0.5, 0.6) is 0 Å². The average molecular weight is 204 g/mol. The van der Waals surface area contributed by atoms with Crippen LogP contribution < -0.4 is 5.19 Å². The summed E-state index contributed by atoms with van der Waals surface area (Å²) in [6, 6.07) is 10.5. The molecule has 1 aromatic carbocycles. The summed E-state index contributed by atoms with van der Waals surface area (Å²) in [6.07, 6.45) is 3.39. The summed E-state index contributed by atoms with van der Waals surface area (Å²) < 4.78 is 15.8. The Morgan fingerprint density at radius 1 is 1.29 bits per heavy atom. The van der Waals surface area contributed by atoms with Gasteiger partial charge in [0.25, 0.3) is 0 Å². The van der Waals surface area contributed by atoms with Gasteiger partial charge in [0, 0.05) is 2.74 Å². The molecule has 0 bridgehead atoms. The maximum Gasteiger partial charge on any atom is 0.0873 e. The molecule has 74 valence electrons. The Morgan fingerprint density at radius 3 is 2.57 bits per heavy atom. The van der Waals surface area contributed by atoms with E-state index in [2.05, 4.69) is 43.4 Å². The highest BCUT2D eigenvalue weighted by molar-refractivity contribution is 6.91. The first kappa shape index (κ1) is 7.47. The number of benzene rings is 1. The third kappa shape index (κ3) is 1.69. The lowest BCUT2D eigenvalue weighted by Crippen LogP contribution is -2.44. The summed E-state index contributed by atoms with van der Waals surface area (Å²) in [7, 11) is -1.65. The molecule has 0 aliphatic heterocycles. The van der Waals surface area contributed by atoms with E-state index in [0.717, 1.165) is 0 Å². The van der Waals surface area contributed by atoms with Gasteiger partial charge in [-0.05, 0) is 18.3 Å². The molecule has 1 heteroatoms. The van der Waals surface area contributed by atoms with Crippen molar-refractivity contribution in [2.75, 3.05) is 0 Å². The highest BCUT2D eigenvalue weighted by atomic mass is 28.3. The minimum atomic E-state index is -1.65. The lowest BCUT2D eigenvalue weighted by atomic mass is 10.3. The van der Waals surface area contributed by atoms with Crippen molar-refractivity contribution in [1.82, 2.24) is 0 Å². The zero-order chi connectivity index (χ0) is 11.8. The molecule has 0 saturated carbocycles. The van der Waals surface area contributed by atoms with Crippen LogP contribution in [0.15, 0.2) is 42.5 Å². The zero-order valence-electron chi connectivity index (χ0n) is 10.8. The largest absolute Gasteiger partial charge is 0.0885 e. The van der Waals surface area contributed by atoms with Crippen molar-refractivity contribution in [1.29, 1.82) is 0 Å². The lowest BCUT2D eigenvalue weighted by molar-refractivity contribution is 0.899. The quantitative estimate of drug-likeness (QED) is 0.512. The first-order valence-electron chi connectivity index (χ1n) is 6.27. The minimum absolute atomic E-state index is 0.275. The molecule has 0 amide bonds. The first-order chi connectivity index (χ1) is 7.53. The molecule has 1 aliphatic carbocycles. The molecule has 0 aromatic heterocycles. The predicted molar refractivity (Wildman–Crippen MR) is 65.7 cm³/mol. The van der Waals surface area contributed by atoms with E-state index in [1.165, 1.54) is 5.19 Å². The van der Waals surface area contributed by atoms with Crippen LogP contribution >= 0.6 is 0 Å². The highest BCUT2D eigenvalue weighted by Gasteiger charge is 2.32. The lowest BCUT2D eigenvalue weighted by Gasteiger charge is -2.28. The van der Waals surface area contributed by atoms with Gasteiger partial charge in [0.2, 0.25) is 0 Å². The second-order valence-corrected chi connectivity index (χ2v) is 9.07. The number of rotatable bonds is 2. The van der Waals surface area contributed by atoms with Gasteiger partial charge < -0.3 is 0 Å². The molecule has 0 fully saturated rings. The van der Waals surface area contributed by atoms with Crippen molar-refractivity contribution in [2.45, 2.75) is 31.4 Å². The van der Waals surface area contributed by atoms with Gasteiger partial charge in [-0.1, -0.05) is 60.8 Å². The van der Waals surface area contributed by atoms with E-state index in [1.54, 1.807) is 0 Å². The van der Waals surface area contributed by atoms with Crippen molar-refractivity contribution in [3.05, 3.63) is 42.5 Å². The fraction of sp³-hybridized carbons (Fsp3) is 0.385. The smallest absolute Gasteiger partial charge is 0.0873 e. The maximum atomic E-state index is 8.08. The normalized spacial score (nSPS) is 34.0. The Kier molecular flexibility index (Phi) is 1.99. The van der Waals surface area contributed by atoms with Crippen LogP contribution in [0.2, 0.25) is 18.6 Å². The standard InChI is InChI=1S/C13H18Si/c1-14(2,13-10-6-7-11-13)12-8-4-3-5-9-12/h3-6,8-10,13H,7,11H2,1-2H3/t13-/m1/s1/i7D,11D/t7-,11-,13+/m0. The van der Waals surface area contributed by atoms with Crippen LogP contribution in [0.1, 0.15) is 15.5 Å². The number of allylic oxidation sites excluding steroid dienone is 2. The molecule has 0 nitrogen and oxygen atoms in total. The third-order valence-corrected chi connectivity index (χ3v) is 6.97. The number of hydrogen-bond acceptors (Lipinski definition) is 0. The Balaban J connectivity index is 2.30. The van der Waals surface area contributed by atoms with Crippen LogP contribution in [0.25, 0.3) is 0 Å². The van der Waals surface area contributed by atoms with Crippen LogP contribution in [-0.2, 0) is 0 Å². The molecule has 0 heterocycles. The van der Waals surface area contributed by atoms with Crippen molar-refractivity contribution < 1.29 is 2.74 Å². The van der Waals surface area contributed by atoms with Crippen molar-refractivity contribution in [3.63, 3.8) is 0 Å². The van der Waals surface area contributed by atoms with Gasteiger partial charge in [-0.25, -0.2) is 0 Å². The second-order valence-electron chi connectivity index (χ2n) is 4.38. The molecule has 1 aliphatic rings. The predicted octanol–water partition coefficient (Wildman–Crippen LogP) is 3.32. The van der Waals surface area contributed by atoms with Crippen molar-refractivity contribution in [2.24, 2.45) is 0 Å². The van der Waals surface area contributed by atoms with Crippen LogP contribution in [0, 0.1) is 0 Å². The number of hydrogen-bond donors (Lipinski definition) is 0. The summed E-state index contributed by atoms with van der Waals surface area (Å²) in [5.74, 6) is 0. The van der Waals surface area contributed by atoms with Gasteiger partial charge in [0.1, 0.15) is 0 Å². The Bertz CT molecular complexity index is 386. The zero-order valence-corrected chi connectivity index (χ0v) is 9.77. The van der Waals surface area contributed by atoms with Crippen LogP contribution in [-0.4, -0.2) is 8.07 Å². The van der Waals surface area contributed by atoms with Gasteiger partial charge >= 0.3 is 0 Å². The van der Waals surface area contributed by atoms with Gasteiger partial charge in [0.05, 0.1) is 8.07 Å². The summed E-state index contributed by atoms with van der Waals surface area (Å²) in [6.45, 7) is 4.61. The van der Waals surface area contributed by atoms with Gasteiger partial charge in [-0.3, -0.25) is 0 Å². The summed E-state index contributed by atoms with van der Waals surface area (Å²) in [5, 5.41) is 1.39. The molecule has 0 radical (unpaired) electrons. The molecule has 3 atom stereocenters. The average Bonchev–Trinajstić information content (AvgIpc) is 2.61. The van der Waals surface area contributed by atoms with Crippen molar-refractivity contribution >= 4 is 13.3 Å². The summed E-state index contributed by atoms with van der Waals surface area (Å²) in [5.41, 5.74) is 0.275. The maximum absolute atomic E-state index is 8.08. The van der Waals surface area contributed by atoms with E-state index in [-0.39, 0.29) is 18.3 Å². The van der Waals surface area contributed by atoms with E-state index >= 15 is 0 Å². The Hall–Kier alpha value is -0.823. The van der Waals surface area contributed by atoms with E-state index in [0.29, 0.717) is 0 Å². The SMILES string of the molecule is [2H][C@@H]1[C@H]([Si](C)(C)c2ccccc2)C=C[C@@H]1[2H]. The minimum Gasteiger partial charge on any atom is -0.0885 e. The van der Waals surface area contributed by atoms with E-state index in [1.807, 2.05) is 12.1 Å². The van der Waals surface area contributed by atoms with Gasteiger partial charge in [0.15, 0.2) is 0 Å². The summed E-state index contributed by atoms with van der Waals surface area (Å²) in [4.78, 5) is 0. The molecular formula is C13H18Si. The van der Waals surface area contributed by atoms with Gasteiger partial charge in [-0.2, -0.15) is 0 Å². The van der Waals surface area contributed by atoms with Crippen LogP contribution in [0.4, 0.5) is 0 Å². The molecule has 1 aromatic rings. The first-order valence-corrected chi connectivity index (χ1v) is 8.19. The fourth-order valence-electron chi connectivity index (χ4n) is 1.97. The molecule has 0 spiro atoms. The van der Waals surface area contributed by atoms with Crippen LogP contribution in [0.3, 0.4) is 0 Å². The highest BCUT2D eigenvalue weighted by Crippen LogP contribution is 2.32.